The molecule has 72 heavy (non-hydrogen) atoms. The average molecular weight is 1000 g/mol. The number of cyclic esters (lactones) is 1. The first-order valence-electron chi connectivity index (χ1n) is 23.8. The molecule has 5 rings (SSSR count). The molecule has 0 fully saturated rings. The summed E-state index contributed by atoms with van der Waals surface area (Å²) in [6.45, 7) is 5.32. The number of likely N-dealkylation sites (N-methyl/N-ethyl adjacent to an activating group) is 3. The van der Waals surface area contributed by atoms with E-state index < -0.39 is 90.6 Å². The number of aryl methyl sites for hydroxylation is 1. The Kier molecular flexibility index (Phi) is 20.3. The van der Waals surface area contributed by atoms with Crippen LogP contribution in [-0.2, 0) is 72.2 Å². The van der Waals surface area contributed by atoms with Crippen LogP contribution in [0.5, 0.6) is 0 Å². The zero-order chi connectivity index (χ0) is 52.6. The van der Waals surface area contributed by atoms with E-state index in [4.69, 9.17) is 25.3 Å². The Morgan fingerprint density at radius 1 is 0.833 bits per heavy atom. The summed E-state index contributed by atoms with van der Waals surface area (Å²) in [7, 11) is 5.49. The summed E-state index contributed by atoms with van der Waals surface area (Å²) in [6.07, 6.45) is -1.59. The van der Waals surface area contributed by atoms with E-state index in [0.717, 1.165) is 26.9 Å². The van der Waals surface area contributed by atoms with Crippen molar-refractivity contribution in [1.82, 2.24) is 50.4 Å². The monoisotopic (exact) mass is 1000 g/mol. The maximum atomic E-state index is 13.8. The highest BCUT2D eigenvalue weighted by molar-refractivity contribution is 5.95. The third kappa shape index (κ3) is 15.3. The van der Waals surface area contributed by atoms with Crippen molar-refractivity contribution in [2.45, 2.75) is 71.2 Å². The summed E-state index contributed by atoms with van der Waals surface area (Å²) in [5.41, 5.74) is 9.11. The van der Waals surface area contributed by atoms with Crippen LogP contribution in [0.4, 0.5) is 0 Å². The number of aromatic nitrogens is 2. The van der Waals surface area contributed by atoms with Gasteiger partial charge >= 0.3 is 17.9 Å². The van der Waals surface area contributed by atoms with E-state index in [-0.39, 0.29) is 56.8 Å². The van der Waals surface area contributed by atoms with Gasteiger partial charge in [0, 0.05) is 68.7 Å². The molecule has 0 bridgehead atoms. The molecular weight excluding hydrogens is 939 g/mol. The van der Waals surface area contributed by atoms with Crippen molar-refractivity contribution >= 4 is 64.3 Å². The maximum absolute atomic E-state index is 13.8. The van der Waals surface area contributed by atoms with Crippen molar-refractivity contribution in [3.05, 3.63) is 62.9 Å². The zero-order valence-electron chi connectivity index (χ0n) is 41.4. The Morgan fingerprint density at radius 3 is 2.19 bits per heavy atom. The van der Waals surface area contributed by atoms with E-state index in [0.29, 0.717) is 63.5 Å². The number of para-hydroxylation sites is 1. The normalized spacial score (nSPS) is 13.9. The number of pyridine rings is 2. The summed E-state index contributed by atoms with van der Waals surface area (Å²) in [6, 6.07) is 7.90. The average Bonchev–Trinajstić information content (AvgIpc) is 3.70. The number of carboxylic acid groups (broad SMARTS) is 1. The quantitative estimate of drug-likeness (QED) is 0.0343. The number of hydrogen-bond donors (Lipinski definition) is 6. The third-order valence-electron chi connectivity index (χ3n) is 12.1. The molecule has 0 aliphatic carbocycles. The van der Waals surface area contributed by atoms with Crippen LogP contribution in [0.15, 0.2) is 35.1 Å². The SMILES string of the molecule is CCCN(CC(=O)NCC(=O)OC1C(=O)OCc2c1cc1n(c2=O)Cc2c-1nc1ccccc1c2CC)C(=O)[C@H](CC(N)=O)NC(=O)CN(C)CCN(C)CCN(C)CCNC(=O)CNC(=O)CCC(=O)O. The van der Waals surface area contributed by atoms with Gasteiger partial charge in [0.1, 0.15) is 19.2 Å². The van der Waals surface area contributed by atoms with Crippen LogP contribution in [0.25, 0.3) is 22.3 Å². The molecule has 3 aromatic rings. The van der Waals surface area contributed by atoms with Crippen molar-refractivity contribution in [1.29, 1.82) is 0 Å². The molecule has 390 valence electrons. The Labute approximate surface area is 415 Å². The number of carboxylic acids is 1. The molecule has 24 nitrogen and oxygen atoms in total. The van der Waals surface area contributed by atoms with Crippen LogP contribution in [-0.4, -0.2) is 187 Å². The van der Waals surface area contributed by atoms with Crippen LogP contribution in [0.1, 0.15) is 67.9 Å². The molecule has 0 radical (unpaired) electrons. The van der Waals surface area contributed by atoms with E-state index in [1.54, 1.807) is 29.5 Å². The van der Waals surface area contributed by atoms with Crippen LogP contribution in [0.2, 0.25) is 0 Å². The third-order valence-corrected chi connectivity index (χ3v) is 12.1. The summed E-state index contributed by atoms with van der Waals surface area (Å²) < 4.78 is 12.4. The molecule has 0 spiro atoms. The summed E-state index contributed by atoms with van der Waals surface area (Å²) >= 11 is 0. The number of fused-ring (bicyclic) bond motifs is 5. The number of aliphatic carboxylic acids is 1. The lowest BCUT2D eigenvalue weighted by Crippen LogP contribution is -2.54. The second-order valence-electron chi connectivity index (χ2n) is 17.8. The number of hydrogen-bond acceptors (Lipinski definition) is 16. The molecule has 7 N–H and O–H groups in total. The first kappa shape index (κ1) is 55.6. The Bertz CT molecular complexity index is 2600. The van der Waals surface area contributed by atoms with E-state index >= 15 is 0 Å². The molecule has 4 heterocycles. The molecule has 1 aromatic carbocycles. The van der Waals surface area contributed by atoms with E-state index in [1.165, 1.54) is 0 Å². The molecule has 0 saturated carbocycles. The van der Waals surface area contributed by atoms with Gasteiger partial charge in [0.25, 0.3) is 5.56 Å². The van der Waals surface area contributed by atoms with Crippen molar-refractivity contribution < 1.29 is 57.7 Å². The lowest BCUT2D eigenvalue weighted by atomic mass is 9.97. The Morgan fingerprint density at radius 2 is 1.51 bits per heavy atom. The Hall–Kier alpha value is -7.31. The largest absolute Gasteiger partial charge is 0.481 e. The standard InChI is InChI=1S/C48H65N11O13/c1-6-15-58(47(69)35(22-37(49)60)53-41(64)26-57(5)20-19-56(4)18-17-55(3)16-14-50-39(62)23-51-38(61)12-13-42(65)66)27-40(63)52-24-43(67)72-45-31-21-36-44-32(25-59(36)46(68)33(31)28-71-48(45)70)29(7-2)30-10-8-9-11-34(30)54-44/h8-11,21,35,45H,6-7,12-20,22-28H2,1-5H3,(H2,49,60)(H,50,62)(H,51,61)(H,52,63)(H,53,64)(H,65,66)/t35-,45?/m0/s1. The summed E-state index contributed by atoms with van der Waals surface area (Å²) in [5, 5.41) is 19.7. The van der Waals surface area contributed by atoms with Gasteiger partial charge in [-0.3, -0.25) is 48.1 Å². The van der Waals surface area contributed by atoms with Gasteiger partial charge in [-0.25, -0.2) is 9.78 Å². The van der Waals surface area contributed by atoms with Crippen LogP contribution >= 0.6 is 0 Å². The molecule has 6 amide bonds. The molecular formula is C48H65N11O13. The van der Waals surface area contributed by atoms with Crippen LogP contribution in [0, 0.1) is 0 Å². The molecule has 0 saturated heterocycles. The molecule has 2 aliphatic heterocycles. The number of amides is 6. The fourth-order valence-electron chi connectivity index (χ4n) is 8.30. The summed E-state index contributed by atoms with van der Waals surface area (Å²) in [5.74, 6) is -6.90. The van der Waals surface area contributed by atoms with Crippen molar-refractivity contribution in [3.63, 3.8) is 0 Å². The van der Waals surface area contributed by atoms with E-state index in [1.807, 2.05) is 55.1 Å². The molecule has 2 atom stereocenters. The fourth-order valence-corrected chi connectivity index (χ4v) is 8.30. The van der Waals surface area contributed by atoms with Gasteiger partial charge in [-0.2, -0.15) is 0 Å². The Balaban J connectivity index is 1.08. The number of nitrogens with two attached hydrogens (primary N) is 1. The van der Waals surface area contributed by atoms with E-state index in [2.05, 4.69) is 21.3 Å². The number of nitrogens with one attached hydrogen (secondary N) is 4. The van der Waals surface area contributed by atoms with Crippen molar-refractivity contribution in [2.75, 3.05) is 93.1 Å². The molecule has 24 heteroatoms. The first-order chi connectivity index (χ1) is 34.3. The summed E-state index contributed by atoms with van der Waals surface area (Å²) in [4.78, 5) is 138. The number of carbonyl (C=O) groups is 9. The number of esters is 2. The predicted octanol–water partition coefficient (Wildman–Crippen LogP) is -1.76. The fraction of sp³-hybridized carbons (Fsp3) is 0.521. The topological polar surface area (TPSA) is 314 Å². The minimum absolute atomic E-state index is 0.0488. The number of nitrogens with zero attached hydrogens (tertiary/aromatic N) is 6. The predicted molar refractivity (Wildman–Crippen MR) is 260 cm³/mol. The van der Waals surface area contributed by atoms with E-state index in [9.17, 15) is 47.9 Å². The second kappa shape index (κ2) is 26.2. The highest BCUT2D eigenvalue weighted by Gasteiger charge is 2.38. The lowest BCUT2D eigenvalue weighted by Gasteiger charge is -2.28. The number of carbonyl (C=O) groups excluding carboxylic acids is 8. The highest BCUT2D eigenvalue weighted by Crippen LogP contribution is 2.38. The molecule has 2 aromatic heterocycles. The minimum Gasteiger partial charge on any atom is -0.481 e. The van der Waals surface area contributed by atoms with Gasteiger partial charge in [-0.15, -0.1) is 0 Å². The number of rotatable bonds is 28. The van der Waals surface area contributed by atoms with Gasteiger partial charge in [0.05, 0.1) is 61.5 Å². The van der Waals surface area contributed by atoms with Gasteiger partial charge < -0.3 is 60.8 Å². The van der Waals surface area contributed by atoms with Crippen molar-refractivity contribution in [2.24, 2.45) is 5.73 Å². The van der Waals surface area contributed by atoms with Crippen LogP contribution < -0.4 is 32.6 Å². The number of primary amides is 1. The molecule has 2 aliphatic rings. The smallest absolute Gasteiger partial charge is 0.352 e. The van der Waals surface area contributed by atoms with Gasteiger partial charge in [0.15, 0.2) is 0 Å². The van der Waals surface area contributed by atoms with Crippen molar-refractivity contribution in [3.8, 4) is 11.4 Å². The zero-order valence-corrected chi connectivity index (χ0v) is 41.4. The van der Waals surface area contributed by atoms with Gasteiger partial charge in [-0.1, -0.05) is 32.0 Å². The second-order valence-corrected chi connectivity index (χ2v) is 17.8. The lowest BCUT2D eigenvalue weighted by molar-refractivity contribution is -0.171. The number of ether oxygens (including phenoxy) is 2. The number of benzene rings is 1. The molecule has 1 unspecified atom stereocenters. The van der Waals surface area contributed by atoms with Crippen LogP contribution in [0.3, 0.4) is 0 Å². The van der Waals surface area contributed by atoms with Gasteiger partial charge in [0.2, 0.25) is 41.5 Å². The minimum atomic E-state index is -1.61. The maximum Gasteiger partial charge on any atom is 0.352 e. The highest BCUT2D eigenvalue weighted by atomic mass is 16.6. The first-order valence-corrected chi connectivity index (χ1v) is 23.8. The van der Waals surface area contributed by atoms with Gasteiger partial charge in [-0.05, 0) is 51.7 Å².